The van der Waals surface area contributed by atoms with Crippen LogP contribution in [0.4, 0.5) is 0 Å². The second-order valence-corrected chi connectivity index (χ2v) is 8.11. The monoisotopic (exact) mass is 366 g/mol. The van der Waals surface area contributed by atoms with Gasteiger partial charge in [-0.15, -0.1) is 0 Å². The molecule has 0 heteroatoms. The van der Waals surface area contributed by atoms with Gasteiger partial charge in [-0.2, -0.15) is 0 Å². The summed E-state index contributed by atoms with van der Waals surface area (Å²) in [4.78, 5) is 0. The lowest BCUT2D eigenvalue weighted by molar-refractivity contribution is 1.29. The summed E-state index contributed by atoms with van der Waals surface area (Å²) in [5, 5.41) is 10.9. The van der Waals surface area contributed by atoms with Gasteiger partial charge in [0.15, 0.2) is 0 Å². The maximum atomic E-state index is 2.33. The highest BCUT2D eigenvalue weighted by atomic mass is 14.3. The minimum absolute atomic E-state index is 1.01. The van der Waals surface area contributed by atoms with Gasteiger partial charge in [-0.1, -0.05) is 97.1 Å². The normalized spacial score (nSPS) is 12.7. The van der Waals surface area contributed by atoms with Gasteiger partial charge in [-0.05, 0) is 71.8 Å². The van der Waals surface area contributed by atoms with Gasteiger partial charge in [0.2, 0.25) is 0 Å². The maximum absolute atomic E-state index is 2.33. The molecule has 134 valence electrons. The molecule has 0 spiro atoms. The summed E-state index contributed by atoms with van der Waals surface area (Å²) in [5.41, 5.74) is 5.77. The van der Waals surface area contributed by atoms with E-state index in [1.165, 1.54) is 65.3 Å². The van der Waals surface area contributed by atoms with Crippen LogP contribution in [0.1, 0.15) is 11.1 Å². The zero-order valence-corrected chi connectivity index (χ0v) is 15.9. The summed E-state index contributed by atoms with van der Waals surface area (Å²) in [6.07, 6.45) is 1.01. The van der Waals surface area contributed by atoms with Crippen molar-refractivity contribution in [3.8, 4) is 11.1 Å². The first-order chi connectivity index (χ1) is 14.4. The molecule has 29 heavy (non-hydrogen) atoms. The first-order valence-corrected chi connectivity index (χ1v) is 10.3. The van der Waals surface area contributed by atoms with Crippen molar-refractivity contribution in [3.05, 3.63) is 108 Å². The van der Waals surface area contributed by atoms with Crippen molar-refractivity contribution in [2.45, 2.75) is 6.42 Å². The lowest BCUT2D eigenvalue weighted by atomic mass is 9.87. The number of fused-ring (bicyclic) bond motifs is 12. The minimum Gasteiger partial charge on any atom is -0.0619 e. The van der Waals surface area contributed by atoms with Crippen LogP contribution < -0.4 is 0 Å². The Bertz CT molecular complexity index is 1620. The first kappa shape index (κ1) is 15.3. The fraction of sp³-hybridized carbons (Fsp3) is 0.0345. The number of benzene rings is 6. The Kier molecular flexibility index (Phi) is 2.88. The molecule has 1 aliphatic rings. The highest BCUT2D eigenvalue weighted by Crippen LogP contribution is 2.49. The molecule has 6 aromatic carbocycles. The van der Waals surface area contributed by atoms with E-state index in [4.69, 9.17) is 0 Å². The molecule has 0 fully saturated rings. The van der Waals surface area contributed by atoms with Gasteiger partial charge in [-0.25, -0.2) is 0 Å². The van der Waals surface area contributed by atoms with Crippen LogP contribution in [0.5, 0.6) is 0 Å². The van der Waals surface area contributed by atoms with Crippen LogP contribution in [-0.2, 0) is 6.42 Å². The fourth-order valence-electron chi connectivity index (χ4n) is 5.45. The van der Waals surface area contributed by atoms with Crippen molar-refractivity contribution in [2.24, 2.45) is 0 Å². The molecule has 0 bridgehead atoms. The van der Waals surface area contributed by atoms with E-state index in [9.17, 15) is 0 Å². The van der Waals surface area contributed by atoms with Crippen LogP contribution in [-0.4, -0.2) is 0 Å². The van der Waals surface area contributed by atoms with E-state index in [1.807, 2.05) is 0 Å². The van der Waals surface area contributed by atoms with Crippen LogP contribution >= 0.6 is 0 Å². The molecule has 0 radical (unpaired) electrons. The second kappa shape index (κ2) is 5.46. The Morgan fingerprint density at radius 1 is 0.448 bits per heavy atom. The van der Waals surface area contributed by atoms with Gasteiger partial charge in [0, 0.05) is 0 Å². The Balaban J connectivity index is 1.84. The Hall–Kier alpha value is -3.64. The molecule has 0 nitrogen and oxygen atoms in total. The van der Waals surface area contributed by atoms with E-state index >= 15 is 0 Å². The lowest BCUT2D eigenvalue weighted by Gasteiger charge is -2.16. The number of hydrogen-bond acceptors (Lipinski definition) is 0. The summed E-state index contributed by atoms with van der Waals surface area (Å²) < 4.78 is 0. The van der Waals surface area contributed by atoms with E-state index < -0.39 is 0 Å². The molecule has 0 N–H and O–H groups in total. The van der Waals surface area contributed by atoms with Crippen molar-refractivity contribution in [3.63, 3.8) is 0 Å². The quantitative estimate of drug-likeness (QED) is 0.240. The van der Waals surface area contributed by atoms with E-state index in [0.717, 1.165) is 6.42 Å². The molecular formula is C29H18. The van der Waals surface area contributed by atoms with Gasteiger partial charge >= 0.3 is 0 Å². The third-order valence-electron chi connectivity index (χ3n) is 6.66. The zero-order valence-electron chi connectivity index (χ0n) is 15.9. The highest BCUT2D eigenvalue weighted by molar-refractivity contribution is 6.29. The summed E-state index contributed by atoms with van der Waals surface area (Å²) in [6, 6.07) is 35.8. The third-order valence-corrected chi connectivity index (χ3v) is 6.66. The van der Waals surface area contributed by atoms with Gasteiger partial charge < -0.3 is 0 Å². The SMILES string of the molecule is c1ccc2c(c1)Cc1c-2c2c3ccccc3ccc2c2ccc3ccccc3c12. The molecule has 0 aromatic heterocycles. The van der Waals surface area contributed by atoms with E-state index in [0.29, 0.717) is 0 Å². The standard InChI is InChI=1S/C29H18/c1-4-10-21-18(7-1)13-15-24-25-16-14-19-8-2-5-11-22(19)28(25)29-23-12-6-3-9-20(23)17-26(29)27(21)24/h1-16H,17H2. The summed E-state index contributed by atoms with van der Waals surface area (Å²) in [6.45, 7) is 0. The Morgan fingerprint density at radius 3 is 1.79 bits per heavy atom. The molecular weight excluding hydrogens is 348 g/mol. The Morgan fingerprint density at radius 2 is 1.03 bits per heavy atom. The largest absolute Gasteiger partial charge is 0.0619 e. The Labute approximate surface area is 169 Å². The molecule has 6 aromatic rings. The van der Waals surface area contributed by atoms with E-state index in [-0.39, 0.29) is 0 Å². The van der Waals surface area contributed by atoms with Gasteiger partial charge in [0.25, 0.3) is 0 Å². The van der Waals surface area contributed by atoms with Crippen LogP contribution in [0.25, 0.3) is 54.2 Å². The third kappa shape index (κ3) is 1.93. The maximum Gasteiger partial charge on any atom is -0.000683 e. The van der Waals surface area contributed by atoms with E-state index in [1.54, 1.807) is 0 Å². The van der Waals surface area contributed by atoms with E-state index in [2.05, 4.69) is 97.1 Å². The predicted molar refractivity (Wildman–Crippen MR) is 125 cm³/mol. The van der Waals surface area contributed by atoms with Crippen molar-refractivity contribution < 1.29 is 0 Å². The van der Waals surface area contributed by atoms with Crippen LogP contribution in [0, 0.1) is 0 Å². The summed E-state index contributed by atoms with van der Waals surface area (Å²) in [7, 11) is 0. The molecule has 0 unspecified atom stereocenters. The molecule has 0 saturated carbocycles. The van der Waals surface area contributed by atoms with Gasteiger partial charge in [0.1, 0.15) is 0 Å². The second-order valence-electron chi connectivity index (χ2n) is 8.11. The average molecular weight is 366 g/mol. The molecule has 7 rings (SSSR count). The summed E-state index contributed by atoms with van der Waals surface area (Å²) in [5.74, 6) is 0. The predicted octanol–water partition coefficient (Wildman–Crippen LogP) is 7.87. The molecule has 0 heterocycles. The highest BCUT2D eigenvalue weighted by Gasteiger charge is 2.25. The number of hydrogen-bond donors (Lipinski definition) is 0. The summed E-state index contributed by atoms with van der Waals surface area (Å²) >= 11 is 0. The lowest BCUT2D eigenvalue weighted by Crippen LogP contribution is -1.91. The van der Waals surface area contributed by atoms with Gasteiger partial charge in [-0.3, -0.25) is 0 Å². The first-order valence-electron chi connectivity index (χ1n) is 10.3. The van der Waals surface area contributed by atoms with Crippen molar-refractivity contribution in [1.29, 1.82) is 0 Å². The minimum atomic E-state index is 1.01. The van der Waals surface area contributed by atoms with Crippen molar-refractivity contribution >= 4 is 43.1 Å². The molecule has 0 aliphatic heterocycles. The topological polar surface area (TPSA) is 0 Å². The molecule has 0 atom stereocenters. The average Bonchev–Trinajstić information content (AvgIpc) is 3.17. The van der Waals surface area contributed by atoms with Crippen molar-refractivity contribution in [2.75, 3.05) is 0 Å². The molecule has 0 saturated heterocycles. The molecule has 1 aliphatic carbocycles. The zero-order chi connectivity index (χ0) is 18.9. The van der Waals surface area contributed by atoms with Crippen LogP contribution in [0.15, 0.2) is 97.1 Å². The fourth-order valence-corrected chi connectivity index (χ4v) is 5.45. The number of rotatable bonds is 0. The van der Waals surface area contributed by atoms with Crippen molar-refractivity contribution in [1.82, 2.24) is 0 Å². The van der Waals surface area contributed by atoms with Gasteiger partial charge in [0.05, 0.1) is 0 Å². The van der Waals surface area contributed by atoms with Crippen LogP contribution in [0.2, 0.25) is 0 Å². The van der Waals surface area contributed by atoms with Crippen LogP contribution in [0.3, 0.4) is 0 Å². The molecule has 0 amide bonds. The smallest absolute Gasteiger partial charge is 0.000683 e.